The van der Waals surface area contributed by atoms with Gasteiger partial charge in [0.05, 0.1) is 25.6 Å². The Balaban J connectivity index is 1.96. The molecule has 0 saturated heterocycles. The molecule has 2 aromatic rings. The van der Waals surface area contributed by atoms with Crippen LogP contribution in [0.1, 0.15) is 25.7 Å². The quantitative estimate of drug-likeness (QED) is 0.459. The number of aliphatic hydroxyl groups excluding tert-OH is 2. The first-order valence-corrected chi connectivity index (χ1v) is 7.65. The summed E-state index contributed by atoms with van der Waals surface area (Å²) in [6.45, 7) is 1.53. The Morgan fingerprint density at radius 1 is 1.18 bits per heavy atom. The molecule has 0 amide bonds. The van der Waals surface area contributed by atoms with E-state index in [9.17, 15) is 5.11 Å². The normalized spacial score (nSPS) is 12.7. The van der Waals surface area contributed by atoms with Gasteiger partial charge in [-0.2, -0.15) is 0 Å². The molecule has 0 saturated carbocycles. The fourth-order valence-electron chi connectivity index (χ4n) is 2.26. The van der Waals surface area contributed by atoms with Crippen LogP contribution in [0.25, 0.3) is 11.2 Å². The van der Waals surface area contributed by atoms with Gasteiger partial charge in [-0.1, -0.05) is 12.8 Å². The smallest absolute Gasteiger partial charge is 0.165 e. The molecule has 5 N–H and O–H groups in total. The summed E-state index contributed by atoms with van der Waals surface area (Å²) in [5.74, 6) is 0.695. The summed E-state index contributed by atoms with van der Waals surface area (Å²) in [7, 11) is 0. The fourth-order valence-corrected chi connectivity index (χ4v) is 2.26. The lowest BCUT2D eigenvalue weighted by molar-refractivity contribution is 0.0820. The molecule has 122 valence electrons. The van der Waals surface area contributed by atoms with E-state index in [0.29, 0.717) is 17.0 Å². The van der Waals surface area contributed by atoms with Crippen LogP contribution in [-0.4, -0.2) is 55.5 Å². The monoisotopic (exact) mass is 308 g/mol. The third kappa shape index (κ3) is 4.36. The van der Waals surface area contributed by atoms with Gasteiger partial charge in [0.2, 0.25) is 0 Å². The number of aromatic nitrogens is 4. The molecule has 0 aliphatic rings. The number of aliphatic hydroxyl groups is 2. The molecule has 0 aromatic carbocycles. The highest BCUT2D eigenvalue weighted by Gasteiger charge is 2.12. The summed E-state index contributed by atoms with van der Waals surface area (Å²) in [6, 6.07) is 0. The first-order chi connectivity index (χ1) is 10.8. The zero-order chi connectivity index (χ0) is 15.8. The molecule has 2 aromatic heterocycles. The van der Waals surface area contributed by atoms with Gasteiger partial charge in [-0.25, -0.2) is 15.0 Å². The van der Waals surface area contributed by atoms with Crippen LogP contribution in [0, 0.1) is 0 Å². The van der Waals surface area contributed by atoms with E-state index in [-0.39, 0.29) is 13.2 Å². The maximum atomic E-state index is 9.54. The Morgan fingerprint density at radius 3 is 2.77 bits per heavy atom. The van der Waals surface area contributed by atoms with Crippen LogP contribution < -0.4 is 11.1 Å². The highest BCUT2D eigenvalue weighted by Crippen LogP contribution is 2.17. The Hall–Kier alpha value is -1.77. The Bertz CT molecular complexity index is 573. The highest BCUT2D eigenvalue weighted by atomic mass is 16.3. The Labute approximate surface area is 129 Å². The zero-order valence-corrected chi connectivity index (χ0v) is 12.6. The van der Waals surface area contributed by atoms with Gasteiger partial charge in [-0.05, 0) is 19.4 Å². The van der Waals surface area contributed by atoms with E-state index in [0.717, 1.165) is 38.8 Å². The second-order valence-corrected chi connectivity index (χ2v) is 5.26. The van der Waals surface area contributed by atoms with E-state index in [1.807, 2.05) is 0 Å². The van der Waals surface area contributed by atoms with Crippen molar-refractivity contribution in [3.05, 3.63) is 12.7 Å². The summed E-state index contributed by atoms with van der Waals surface area (Å²) in [5.41, 5.74) is 6.79. The zero-order valence-electron chi connectivity index (χ0n) is 12.6. The van der Waals surface area contributed by atoms with Gasteiger partial charge in [0, 0.05) is 6.54 Å². The molecule has 22 heavy (non-hydrogen) atoms. The van der Waals surface area contributed by atoms with Crippen LogP contribution in [0.15, 0.2) is 12.7 Å². The lowest BCUT2D eigenvalue weighted by Gasteiger charge is -2.09. The van der Waals surface area contributed by atoms with Gasteiger partial charge >= 0.3 is 0 Å². The minimum atomic E-state index is -0.827. The molecule has 2 rings (SSSR count). The van der Waals surface area contributed by atoms with Gasteiger partial charge in [-0.15, -0.1) is 0 Å². The number of hydrogen-bond donors (Lipinski definition) is 4. The molecule has 0 aliphatic heterocycles. The summed E-state index contributed by atoms with van der Waals surface area (Å²) < 4.78 is 1.71. The molecule has 8 nitrogen and oxygen atoms in total. The largest absolute Gasteiger partial charge is 0.394 e. The molecule has 0 spiro atoms. The predicted octanol–water partition coefficient (Wildman–Crippen LogP) is 0.110. The summed E-state index contributed by atoms with van der Waals surface area (Å²) in [6.07, 6.45) is 6.64. The second-order valence-electron chi connectivity index (χ2n) is 5.26. The fraction of sp³-hybridized carbons (Fsp3) is 0.643. The Morgan fingerprint density at radius 2 is 2.00 bits per heavy atom. The molecule has 1 unspecified atom stereocenters. The number of imidazole rings is 1. The Kier molecular flexibility index (Phi) is 6.50. The van der Waals surface area contributed by atoms with E-state index in [1.54, 1.807) is 10.9 Å². The van der Waals surface area contributed by atoms with Crippen molar-refractivity contribution in [3.63, 3.8) is 0 Å². The first-order valence-electron chi connectivity index (χ1n) is 7.65. The molecule has 0 bridgehead atoms. The maximum absolute atomic E-state index is 9.54. The topological polar surface area (TPSA) is 122 Å². The van der Waals surface area contributed by atoms with Gasteiger partial charge in [0.15, 0.2) is 11.5 Å². The number of nitrogens with zero attached hydrogens (tertiary/aromatic N) is 4. The summed E-state index contributed by atoms with van der Waals surface area (Å²) in [4.78, 5) is 12.7. The standard InChI is InChI=1S/C14H24N6O2/c15-5-3-1-2-4-6-16-13-12-14(18-9-17-13)20(10-19-12)7-11(22)8-21/h9-11,21-22H,1-8,15H2,(H,16,17,18). The summed E-state index contributed by atoms with van der Waals surface area (Å²) in [5, 5.41) is 21.7. The average Bonchev–Trinajstić information content (AvgIpc) is 2.94. The molecule has 1 atom stereocenters. The van der Waals surface area contributed by atoms with E-state index in [1.165, 1.54) is 6.33 Å². The molecular formula is C14H24N6O2. The minimum Gasteiger partial charge on any atom is -0.394 e. The van der Waals surface area contributed by atoms with Crippen molar-refractivity contribution in [3.8, 4) is 0 Å². The van der Waals surface area contributed by atoms with Crippen LogP contribution in [-0.2, 0) is 6.54 Å². The molecular weight excluding hydrogens is 284 g/mol. The van der Waals surface area contributed by atoms with Crippen molar-refractivity contribution in [2.75, 3.05) is 25.0 Å². The van der Waals surface area contributed by atoms with E-state index >= 15 is 0 Å². The SMILES string of the molecule is NCCCCCCNc1ncnc2c1ncn2CC(O)CO. The number of nitrogens with two attached hydrogens (primary N) is 1. The van der Waals surface area contributed by atoms with Gasteiger partial charge in [0.25, 0.3) is 0 Å². The van der Waals surface area contributed by atoms with Crippen molar-refractivity contribution in [2.24, 2.45) is 5.73 Å². The number of rotatable bonds is 10. The average molecular weight is 308 g/mol. The lowest BCUT2D eigenvalue weighted by Crippen LogP contribution is -2.19. The molecule has 0 fully saturated rings. The molecule has 0 aliphatic carbocycles. The van der Waals surface area contributed by atoms with E-state index in [4.69, 9.17) is 10.8 Å². The van der Waals surface area contributed by atoms with Crippen molar-refractivity contribution >= 4 is 17.0 Å². The first kappa shape index (κ1) is 16.6. The predicted molar refractivity (Wildman–Crippen MR) is 84.4 cm³/mol. The van der Waals surface area contributed by atoms with Crippen molar-refractivity contribution in [1.82, 2.24) is 19.5 Å². The third-order valence-corrected chi connectivity index (χ3v) is 3.44. The van der Waals surface area contributed by atoms with Crippen molar-refractivity contribution in [2.45, 2.75) is 38.3 Å². The number of hydrogen-bond acceptors (Lipinski definition) is 7. The van der Waals surface area contributed by atoms with Crippen LogP contribution >= 0.6 is 0 Å². The van der Waals surface area contributed by atoms with E-state index in [2.05, 4.69) is 20.3 Å². The van der Waals surface area contributed by atoms with Crippen LogP contribution in [0.4, 0.5) is 5.82 Å². The molecule has 2 heterocycles. The van der Waals surface area contributed by atoms with Crippen molar-refractivity contribution < 1.29 is 10.2 Å². The highest BCUT2D eigenvalue weighted by molar-refractivity contribution is 5.82. The third-order valence-electron chi connectivity index (χ3n) is 3.44. The number of nitrogens with one attached hydrogen (secondary N) is 1. The second kappa shape index (κ2) is 8.62. The van der Waals surface area contributed by atoms with Crippen LogP contribution in [0.5, 0.6) is 0 Å². The van der Waals surface area contributed by atoms with Gasteiger partial charge in [-0.3, -0.25) is 0 Å². The molecule has 0 radical (unpaired) electrons. The number of fused-ring (bicyclic) bond motifs is 1. The summed E-state index contributed by atoms with van der Waals surface area (Å²) >= 11 is 0. The minimum absolute atomic E-state index is 0.253. The van der Waals surface area contributed by atoms with Gasteiger partial charge in [0.1, 0.15) is 11.8 Å². The maximum Gasteiger partial charge on any atom is 0.165 e. The number of anilines is 1. The van der Waals surface area contributed by atoms with Crippen molar-refractivity contribution in [1.29, 1.82) is 0 Å². The number of unbranched alkanes of at least 4 members (excludes halogenated alkanes) is 3. The lowest BCUT2D eigenvalue weighted by atomic mass is 10.2. The van der Waals surface area contributed by atoms with Crippen LogP contribution in [0.3, 0.4) is 0 Å². The van der Waals surface area contributed by atoms with E-state index < -0.39 is 6.10 Å². The van der Waals surface area contributed by atoms with Gasteiger partial charge < -0.3 is 25.8 Å². The van der Waals surface area contributed by atoms with Crippen LogP contribution in [0.2, 0.25) is 0 Å². The molecule has 8 heteroatoms.